The maximum absolute atomic E-state index is 11.7. The fourth-order valence-corrected chi connectivity index (χ4v) is 3.75. The van der Waals surface area contributed by atoms with E-state index < -0.39 is 0 Å². The van der Waals surface area contributed by atoms with Gasteiger partial charge in [-0.1, -0.05) is 26.0 Å². The number of rotatable bonds is 11. The number of carbonyl (C=O) groups is 1. The zero-order valence-corrected chi connectivity index (χ0v) is 19.4. The number of amides is 1. The third kappa shape index (κ3) is 8.20. The van der Waals surface area contributed by atoms with Crippen LogP contribution in [0.2, 0.25) is 0 Å². The Kier molecular flexibility index (Phi) is 8.70. The van der Waals surface area contributed by atoms with Crippen molar-refractivity contribution in [3.05, 3.63) is 45.9 Å². The molecule has 0 spiro atoms. The molecule has 1 aliphatic rings. The predicted molar refractivity (Wildman–Crippen MR) is 126 cm³/mol. The molecule has 0 unspecified atom stereocenters. The van der Waals surface area contributed by atoms with Gasteiger partial charge in [0.1, 0.15) is 10.8 Å². The van der Waals surface area contributed by atoms with E-state index in [1.54, 1.807) is 11.3 Å². The fraction of sp³-hybridized carbons (Fsp3) is 0.522. The molecule has 0 radical (unpaired) electrons. The fourth-order valence-electron chi connectivity index (χ4n) is 2.87. The summed E-state index contributed by atoms with van der Waals surface area (Å²) in [6, 6.07) is 8.24. The topological polar surface area (TPSA) is 87.6 Å². The van der Waals surface area contributed by atoms with E-state index in [-0.39, 0.29) is 12.5 Å². The molecule has 1 aliphatic carbocycles. The van der Waals surface area contributed by atoms with Crippen LogP contribution in [-0.4, -0.2) is 42.6 Å². The Morgan fingerprint density at radius 1 is 1.26 bits per heavy atom. The maximum atomic E-state index is 11.7. The van der Waals surface area contributed by atoms with Gasteiger partial charge in [0.25, 0.3) is 5.91 Å². The third-order valence-electron chi connectivity index (χ3n) is 4.82. The van der Waals surface area contributed by atoms with Gasteiger partial charge in [0, 0.05) is 24.5 Å². The van der Waals surface area contributed by atoms with Gasteiger partial charge in [-0.3, -0.25) is 4.79 Å². The molecule has 3 rings (SSSR count). The van der Waals surface area contributed by atoms with Gasteiger partial charge in [-0.15, -0.1) is 11.3 Å². The number of nitrogens with one attached hydrogen (secondary N) is 3. The average molecular weight is 444 g/mol. The molecule has 3 N–H and O–H groups in total. The SMILES string of the molecule is CCNC(=NCc1nc(C(C)C)cs1)NCCc1ccc(OCC(=O)NC2CC2)cc1. The van der Waals surface area contributed by atoms with Crippen molar-refractivity contribution < 1.29 is 9.53 Å². The molecule has 1 fully saturated rings. The molecule has 31 heavy (non-hydrogen) atoms. The summed E-state index contributed by atoms with van der Waals surface area (Å²) in [5.41, 5.74) is 2.32. The van der Waals surface area contributed by atoms with Gasteiger partial charge in [0.15, 0.2) is 12.6 Å². The van der Waals surface area contributed by atoms with Gasteiger partial charge >= 0.3 is 0 Å². The van der Waals surface area contributed by atoms with Crippen molar-refractivity contribution in [1.82, 2.24) is 20.9 Å². The summed E-state index contributed by atoms with van der Waals surface area (Å²) in [6.07, 6.45) is 3.03. The second-order valence-electron chi connectivity index (χ2n) is 7.97. The van der Waals surface area contributed by atoms with Crippen LogP contribution in [-0.2, 0) is 17.8 Å². The molecule has 1 amide bonds. The summed E-state index contributed by atoms with van der Waals surface area (Å²) < 4.78 is 5.55. The first kappa shape index (κ1) is 23.1. The predicted octanol–water partition coefficient (Wildman–Crippen LogP) is 3.22. The maximum Gasteiger partial charge on any atom is 0.258 e. The monoisotopic (exact) mass is 443 g/mol. The summed E-state index contributed by atoms with van der Waals surface area (Å²) in [6.45, 7) is 8.58. The van der Waals surface area contributed by atoms with Gasteiger partial charge in [-0.2, -0.15) is 0 Å². The van der Waals surface area contributed by atoms with Gasteiger partial charge in [-0.25, -0.2) is 9.98 Å². The molecule has 0 aliphatic heterocycles. The molecule has 7 nitrogen and oxygen atoms in total. The molecular formula is C23H33N5O2S. The largest absolute Gasteiger partial charge is 0.484 e. The Hall–Kier alpha value is -2.61. The summed E-state index contributed by atoms with van der Waals surface area (Å²) in [5, 5.41) is 12.7. The molecule has 2 aromatic rings. The number of ether oxygens (including phenoxy) is 1. The average Bonchev–Trinajstić information content (AvgIpc) is 3.43. The minimum Gasteiger partial charge on any atom is -0.484 e. The highest BCUT2D eigenvalue weighted by atomic mass is 32.1. The first-order valence-corrected chi connectivity index (χ1v) is 11.9. The molecule has 0 atom stereocenters. The molecule has 0 saturated heterocycles. The van der Waals surface area contributed by atoms with Crippen molar-refractivity contribution in [2.24, 2.45) is 4.99 Å². The summed E-state index contributed by atoms with van der Waals surface area (Å²) >= 11 is 1.66. The number of thiazole rings is 1. The number of hydrogen-bond donors (Lipinski definition) is 3. The molecule has 8 heteroatoms. The van der Waals surface area contributed by atoms with Crippen LogP contribution in [0.25, 0.3) is 0 Å². The van der Waals surface area contributed by atoms with Gasteiger partial charge < -0.3 is 20.7 Å². The molecule has 0 bridgehead atoms. The molecule has 1 aromatic carbocycles. The second-order valence-corrected chi connectivity index (χ2v) is 8.91. The first-order valence-electron chi connectivity index (χ1n) is 11.0. The third-order valence-corrected chi connectivity index (χ3v) is 5.67. The minimum absolute atomic E-state index is 0.0517. The van der Waals surface area contributed by atoms with Gasteiger partial charge in [0.05, 0.1) is 12.2 Å². The van der Waals surface area contributed by atoms with Gasteiger partial charge in [0.2, 0.25) is 0 Å². The molecule has 1 saturated carbocycles. The van der Waals surface area contributed by atoms with Crippen molar-refractivity contribution in [3.8, 4) is 5.75 Å². The lowest BCUT2D eigenvalue weighted by Gasteiger charge is -2.11. The number of carbonyl (C=O) groups excluding carboxylic acids is 1. The van der Waals surface area contributed by atoms with Crippen molar-refractivity contribution in [3.63, 3.8) is 0 Å². The van der Waals surface area contributed by atoms with Crippen LogP contribution in [0.15, 0.2) is 34.6 Å². The van der Waals surface area contributed by atoms with E-state index in [4.69, 9.17) is 4.74 Å². The van der Waals surface area contributed by atoms with Crippen LogP contribution < -0.4 is 20.7 Å². The Bertz CT molecular complexity index is 859. The van der Waals surface area contributed by atoms with E-state index in [2.05, 4.69) is 52.1 Å². The summed E-state index contributed by atoms with van der Waals surface area (Å²) in [5.74, 6) is 1.90. The first-order chi connectivity index (χ1) is 15.0. The Labute approximate surface area is 188 Å². The lowest BCUT2D eigenvalue weighted by Crippen LogP contribution is -2.38. The van der Waals surface area contributed by atoms with E-state index >= 15 is 0 Å². The van der Waals surface area contributed by atoms with Crippen LogP contribution >= 0.6 is 11.3 Å². The number of hydrogen-bond acceptors (Lipinski definition) is 5. The van der Waals surface area contributed by atoms with E-state index in [1.807, 2.05) is 24.3 Å². The van der Waals surface area contributed by atoms with E-state index in [1.165, 1.54) is 5.56 Å². The minimum atomic E-state index is -0.0517. The molecule has 1 heterocycles. The van der Waals surface area contributed by atoms with Crippen LogP contribution in [0.4, 0.5) is 0 Å². The molecular weight excluding hydrogens is 410 g/mol. The van der Waals surface area contributed by atoms with Crippen molar-refractivity contribution in [2.45, 2.75) is 58.5 Å². The number of guanidine groups is 1. The highest BCUT2D eigenvalue weighted by molar-refractivity contribution is 7.09. The molecule has 1 aromatic heterocycles. The zero-order chi connectivity index (χ0) is 22.1. The van der Waals surface area contributed by atoms with Crippen LogP contribution in [0.5, 0.6) is 5.75 Å². The highest BCUT2D eigenvalue weighted by Crippen LogP contribution is 2.19. The number of aliphatic imine (C=N–C) groups is 1. The van der Waals surface area contributed by atoms with Crippen molar-refractivity contribution in [1.29, 1.82) is 0 Å². The van der Waals surface area contributed by atoms with Crippen molar-refractivity contribution in [2.75, 3.05) is 19.7 Å². The number of benzene rings is 1. The smallest absolute Gasteiger partial charge is 0.258 e. The lowest BCUT2D eigenvalue weighted by molar-refractivity contribution is -0.123. The van der Waals surface area contributed by atoms with E-state index in [0.717, 1.165) is 49.0 Å². The number of nitrogens with zero attached hydrogens (tertiary/aromatic N) is 2. The standard InChI is InChI=1S/C23H33N5O2S/c1-4-24-23(26-13-22-28-20(15-31-22)16(2)3)25-12-11-17-5-9-19(10-6-17)30-14-21(29)27-18-7-8-18/h5-6,9-10,15-16,18H,4,7-8,11-14H2,1-3H3,(H,27,29)(H2,24,25,26). The van der Waals surface area contributed by atoms with Crippen LogP contribution in [0.3, 0.4) is 0 Å². The highest BCUT2D eigenvalue weighted by Gasteiger charge is 2.23. The quantitative estimate of drug-likeness (QED) is 0.367. The zero-order valence-electron chi connectivity index (χ0n) is 18.6. The molecule has 168 valence electrons. The number of aromatic nitrogens is 1. The summed E-state index contributed by atoms with van der Waals surface area (Å²) in [7, 11) is 0. The van der Waals surface area contributed by atoms with E-state index in [0.29, 0.717) is 24.3 Å². The second kappa shape index (κ2) is 11.7. The normalized spacial score (nSPS) is 13.9. The van der Waals surface area contributed by atoms with Crippen molar-refractivity contribution >= 4 is 23.2 Å². The summed E-state index contributed by atoms with van der Waals surface area (Å²) in [4.78, 5) is 21.0. The Morgan fingerprint density at radius 3 is 2.68 bits per heavy atom. The Morgan fingerprint density at radius 2 is 2.03 bits per heavy atom. The lowest BCUT2D eigenvalue weighted by atomic mass is 10.1. The van der Waals surface area contributed by atoms with Crippen LogP contribution in [0.1, 0.15) is 55.8 Å². The van der Waals surface area contributed by atoms with Gasteiger partial charge in [-0.05, 0) is 49.8 Å². The van der Waals surface area contributed by atoms with E-state index in [9.17, 15) is 4.79 Å². The van der Waals surface area contributed by atoms with Crippen LogP contribution in [0, 0.1) is 0 Å². The Balaban J connectivity index is 1.41.